The van der Waals surface area contributed by atoms with Gasteiger partial charge in [0.15, 0.2) is 5.82 Å². The molecule has 0 spiro atoms. The minimum absolute atomic E-state index is 0.149. The van der Waals surface area contributed by atoms with Crippen LogP contribution in [0.25, 0.3) is 11.0 Å². The maximum absolute atomic E-state index is 13.9. The molecule has 21 heavy (non-hydrogen) atoms. The Bertz CT molecular complexity index is 604. The molecule has 2 aromatic rings. The Kier molecular flexibility index (Phi) is 5.26. The Morgan fingerprint density at radius 2 is 2.05 bits per heavy atom. The number of aromatic nitrogens is 2. The first-order chi connectivity index (χ1) is 9.98. The van der Waals surface area contributed by atoms with Gasteiger partial charge in [0.25, 0.3) is 0 Å². The van der Waals surface area contributed by atoms with Crippen molar-refractivity contribution < 1.29 is 4.39 Å². The molecule has 0 atom stereocenters. The Balaban J connectivity index is 2.30. The van der Waals surface area contributed by atoms with Gasteiger partial charge in [-0.15, -0.1) is 11.6 Å². The molecule has 1 aromatic heterocycles. The van der Waals surface area contributed by atoms with Gasteiger partial charge in [-0.2, -0.15) is 0 Å². The van der Waals surface area contributed by atoms with Crippen molar-refractivity contribution >= 4 is 22.6 Å². The lowest BCUT2D eigenvalue weighted by molar-refractivity contribution is 0.272. The molecule has 116 valence electrons. The highest BCUT2D eigenvalue weighted by molar-refractivity contribution is 6.16. The molecule has 0 aliphatic rings. The summed E-state index contributed by atoms with van der Waals surface area (Å²) < 4.78 is 16.0. The fraction of sp³-hybridized carbons (Fsp3) is 0.588. The molecule has 1 aromatic carbocycles. The zero-order valence-corrected chi connectivity index (χ0v) is 13.9. The van der Waals surface area contributed by atoms with Crippen LogP contribution in [0.4, 0.5) is 4.39 Å². The van der Waals surface area contributed by atoms with Gasteiger partial charge in [-0.1, -0.05) is 46.1 Å². The van der Waals surface area contributed by atoms with Gasteiger partial charge in [-0.05, 0) is 24.0 Å². The Morgan fingerprint density at radius 1 is 1.29 bits per heavy atom. The van der Waals surface area contributed by atoms with Crippen LogP contribution in [0.1, 0.15) is 52.3 Å². The van der Waals surface area contributed by atoms with Crippen LogP contribution in [0, 0.1) is 11.2 Å². The minimum atomic E-state index is -0.276. The lowest BCUT2D eigenvalue weighted by atomic mass is 9.86. The topological polar surface area (TPSA) is 17.8 Å². The van der Waals surface area contributed by atoms with Crippen molar-refractivity contribution in [2.45, 2.75) is 58.9 Å². The quantitative estimate of drug-likeness (QED) is 0.486. The Morgan fingerprint density at radius 3 is 2.71 bits per heavy atom. The molecule has 0 radical (unpaired) electrons. The molecular weight excluding hydrogens is 287 g/mol. The zero-order chi connectivity index (χ0) is 15.5. The van der Waals surface area contributed by atoms with Gasteiger partial charge in [-0.25, -0.2) is 9.37 Å². The fourth-order valence-corrected chi connectivity index (χ4v) is 3.00. The fourth-order valence-electron chi connectivity index (χ4n) is 2.80. The molecule has 0 aliphatic carbocycles. The molecule has 1 heterocycles. The number of imidazole rings is 1. The molecule has 2 rings (SSSR count). The van der Waals surface area contributed by atoms with E-state index in [0.717, 1.165) is 24.3 Å². The molecule has 0 saturated heterocycles. The van der Waals surface area contributed by atoms with E-state index in [-0.39, 0.29) is 11.2 Å². The van der Waals surface area contributed by atoms with E-state index in [1.807, 2.05) is 6.07 Å². The molecule has 2 nitrogen and oxygen atoms in total. The van der Waals surface area contributed by atoms with Gasteiger partial charge in [0.05, 0.1) is 11.4 Å². The maximum atomic E-state index is 13.9. The zero-order valence-electron chi connectivity index (χ0n) is 13.1. The largest absolute Gasteiger partial charge is 0.326 e. The molecule has 0 amide bonds. The van der Waals surface area contributed by atoms with Crippen molar-refractivity contribution in [3.05, 3.63) is 29.8 Å². The molecule has 0 fully saturated rings. The minimum Gasteiger partial charge on any atom is -0.326 e. The van der Waals surface area contributed by atoms with E-state index >= 15 is 0 Å². The van der Waals surface area contributed by atoms with Crippen molar-refractivity contribution in [1.29, 1.82) is 0 Å². The van der Waals surface area contributed by atoms with E-state index in [1.54, 1.807) is 6.07 Å². The molecular formula is C17H24ClFN2. The monoisotopic (exact) mass is 310 g/mol. The van der Waals surface area contributed by atoms with Gasteiger partial charge < -0.3 is 4.57 Å². The number of rotatable bonds is 7. The lowest BCUT2D eigenvalue weighted by Crippen LogP contribution is -2.21. The first-order valence-electron chi connectivity index (χ1n) is 7.68. The Labute approximate surface area is 131 Å². The van der Waals surface area contributed by atoms with Crippen molar-refractivity contribution in [2.24, 2.45) is 5.41 Å². The third kappa shape index (κ3) is 3.76. The van der Waals surface area contributed by atoms with Crippen molar-refractivity contribution in [2.75, 3.05) is 0 Å². The predicted octanol–water partition coefficient (Wildman–Crippen LogP) is 5.52. The standard InChI is InChI=1S/C17H24ClFN2/c1-4-5-6-10-17(2,3)12-21-14-9-7-8-13(19)16(14)20-15(21)11-18/h7-9H,4-6,10-12H2,1-3H3. The van der Waals surface area contributed by atoms with Gasteiger partial charge in [0.2, 0.25) is 0 Å². The van der Waals surface area contributed by atoms with Crippen LogP contribution in [0.3, 0.4) is 0 Å². The van der Waals surface area contributed by atoms with Gasteiger partial charge in [-0.3, -0.25) is 0 Å². The average Bonchev–Trinajstić information content (AvgIpc) is 2.78. The molecule has 4 heteroatoms. The summed E-state index contributed by atoms with van der Waals surface area (Å²) in [4.78, 5) is 4.37. The summed E-state index contributed by atoms with van der Waals surface area (Å²) in [6.45, 7) is 7.54. The number of unbranched alkanes of at least 4 members (excludes halogenated alkanes) is 2. The molecule has 0 unspecified atom stereocenters. The summed E-state index contributed by atoms with van der Waals surface area (Å²) in [6.07, 6.45) is 4.85. The van der Waals surface area contributed by atoms with Crippen LogP contribution in [-0.4, -0.2) is 9.55 Å². The van der Waals surface area contributed by atoms with Crippen molar-refractivity contribution in [3.63, 3.8) is 0 Å². The second-order valence-electron chi connectivity index (χ2n) is 6.48. The van der Waals surface area contributed by atoms with Crippen LogP contribution in [0.15, 0.2) is 18.2 Å². The number of para-hydroxylation sites is 1. The second kappa shape index (κ2) is 6.78. The third-order valence-corrected chi connectivity index (χ3v) is 4.21. The van der Waals surface area contributed by atoms with Crippen LogP contribution in [0.2, 0.25) is 0 Å². The van der Waals surface area contributed by atoms with Crippen LogP contribution in [-0.2, 0) is 12.4 Å². The molecule has 0 saturated carbocycles. The van der Waals surface area contributed by atoms with Crippen LogP contribution in [0.5, 0.6) is 0 Å². The number of benzene rings is 1. The second-order valence-corrected chi connectivity index (χ2v) is 6.74. The summed E-state index contributed by atoms with van der Waals surface area (Å²) in [5, 5.41) is 0. The number of fused-ring (bicyclic) bond motifs is 1. The van der Waals surface area contributed by atoms with E-state index < -0.39 is 0 Å². The number of hydrogen-bond donors (Lipinski definition) is 0. The summed E-state index contributed by atoms with van der Waals surface area (Å²) in [5.41, 5.74) is 1.42. The van der Waals surface area contributed by atoms with Gasteiger partial charge in [0.1, 0.15) is 11.3 Å². The number of halogens is 2. The van der Waals surface area contributed by atoms with Crippen LogP contribution < -0.4 is 0 Å². The number of alkyl halides is 1. The highest BCUT2D eigenvalue weighted by Gasteiger charge is 2.22. The summed E-state index contributed by atoms with van der Waals surface area (Å²) in [7, 11) is 0. The van der Waals surface area contributed by atoms with E-state index in [0.29, 0.717) is 11.4 Å². The van der Waals surface area contributed by atoms with Crippen LogP contribution >= 0.6 is 11.6 Å². The molecule has 0 N–H and O–H groups in total. The smallest absolute Gasteiger partial charge is 0.151 e. The van der Waals surface area contributed by atoms with E-state index in [9.17, 15) is 4.39 Å². The van der Waals surface area contributed by atoms with Gasteiger partial charge in [0, 0.05) is 6.54 Å². The van der Waals surface area contributed by atoms with E-state index in [4.69, 9.17) is 11.6 Å². The third-order valence-electron chi connectivity index (χ3n) is 3.97. The van der Waals surface area contributed by atoms with E-state index in [1.165, 1.54) is 25.3 Å². The number of nitrogens with zero attached hydrogens (tertiary/aromatic N) is 2. The summed E-state index contributed by atoms with van der Waals surface area (Å²) in [5.74, 6) is 0.779. The molecule has 0 aliphatic heterocycles. The van der Waals surface area contributed by atoms with Gasteiger partial charge >= 0.3 is 0 Å². The molecule has 0 bridgehead atoms. The van der Waals surface area contributed by atoms with E-state index in [2.05, 4.69) is 30.3 Å². The first kappa shape index (κ1) is 16.3. The SMILES string of the molecule is CCCCCC(C)(C)Cn1c(CCl)nc2c(F)cccc21. The summed E-state index contributed by atoms with van der Waals surface area (Å²) in [6, 6.07) is 5.10. The predicted molar refractivity (Wildman–Crippen MR) is 87.2 cm³/mol. The highest BCUT2D eigenvalue weighted by atomic mass is 35.5. The lowest BCUT2D eigenvalue weighted by Gasteiger charge is -2.26. The normalized spacial score (nSPS) is 12.2. The maximum Gasteiger partial charge on any atom is 0.151 e. The first-order valence-corrected chi connectivity index (χ1v) is 8.21. The van der Waals surface area contributed by atoms with Crippen molar-refractivity contribution in [3.8, 4) is 0 Å². The Hall–Kier alpha value is -1.09. The van der Waals surface area contributed by atoms with Crippen molar-refractivity contribution in [1.82, 2.24) is 9.55 Å². The average molecular weight is 311 g/mol. The number of hydrogen-bond acceptors (Lipinski definition) is 1. The highest BCUT2D eigenvalue weighted by Crippen LogP contribution is 2.30. The summed E-state index contributed by atoms with van der Waals surface area (Å²) >= 11 is 6.01.